The van der Waals surface area contributed by atoms with Gasteiger partial charge < -0.3 is 14.7 Å². The number of thioether (sulfide) groups is 1. The largest absolute Gasteiger partial charge is 0.353 e. The van der Waals surface area contributed by atoms with Crippen molar-refractivity contribution in [1.82, 2.24) is 19.8 Å². The Morgan fingerprint density at radius 3 is 2.54 bits per heavy atom. The molecule has 26 heavy (non-hydrogen) atoms. The lowest BCUT2D eigenvalue weighted by molar-refractivity contribution is -0.131. The van der Waals surface area contributed by atoms with Crippen molar-refractivity contribution in [3.63, 3.8) is 0 Å². The Kier molecular flexibility index (Phi) is 6.01. The molecule has 0 spiro atoms. The highest BCUT2D eigenvalue weighted by Crippen LogP contribution is 2.20. The number of amides is 2. The molecular formula is C18H27N5O2S. The first kappa shape index (κ1) is 18.9. The summed E-state index contributed by atoms with van der Waals surface area (Å²) in [5.74, 6) is 3.08. The van der Waals surface area contributed by atoms with E-state index in [0.717, 1.165) is 42.7 Å². The highest BCUT2D eigenvalue weighted by atomic mass is 32.2. The molecule has 142 valence electrons. The van der Waals surface area contributed by atoms with E-state index in [1.165, 1.54) is 11.8 Å². The van der Waals surface area contributed by atoms with Crippen LogP contribution in [0, 0.1) is 6.92 Å². The van der Waals surface area contributed by atoms with E-state index in [1.54, 1.807) is 4.90 Å². The summed E-state index contributed by atoms with van der Waals surface area (Å²) in [4.78, 5) is 39.1. The molecule has 1 aromatic heterocycles. The number of hydrogen-bond acceptors (Lipinski definition) is 6. The number of carbonyl (C=O) groups excluding carboxylic acids is 2. The van der Waals surface area contributed by atoms with E-state index in [0.29, 0.717) is 32.0 Å². The molecule has 0 aliphatic carbocycles. The molecule has 0 unspecified atom stereocenters. The zero-order valence-electron chi connectivity index (χ0n) is 15.8. The molecule has 1 aromatic rings. The second-order valence-electron chi connectivity index (χ2n) is 7.10. The van der Waals surface area contributed by atoms with E-state index in [2.05, 4.69) is 28.7 Å². The third-order valence-electron chi connectivity index (χ3n) is 4.77. The maximum absolute atomic E-state index is 12.4. The summed E-state index contributed by atoms with van der Waals surface area (Å²) in [5.41, 5.74) is 0.977. The molecule has 0 aromatic carbocycles. The molecule has 0 radical (unpaired) electrons. The van der Waals surface area contributed by atoms with E-state index in [4.69, 9.17) is 0 Å². The number of anilines is 1. The fourth-order valence-electron chi connectivity index (χ4n) is 3.20. The molecule has 2 fully saturated rings. The maximum atomic E-state index is 12.4. The van der Waals surface area contributed by atoms with Crippen molar-refractivity contribution >= 4 is 28.7 Å². The Hall–Kier alpha value is -1.83. The van der Waals surface area contributed by atoms with E-state index in [-0.39, 0.29) is 11.1 Å². The number of carbonyl (C=O) groups is 2. The molecule has 0 N–H and O–H groups in total. The van der Waals surface area contributed by atoms with Crippen molar-refractivity contribution in [2.45, 2.75) is 33.1 Å². The summed E-state index contributed by atoms with van der Waals surface area (Å²) >= 11 is 1.34. The van der Waals surface area contributed by atoms with Gasteiger partial charge in [0.2, 0.25) is 5.91 Å². The third kappa shape index (κ3) is 4.47. The van der Waals surface area contributed by atoms with Crippen LogP contribution in [0.15, 0.2) is 6.07 Å². The van der Waals surface area contributed by atoms with Crippen molar-refractivity contribution in [3.05, 3.63) is 17.6 Å². The van der Waals surface area contributed by atoms with Gasteiger partial charge in [-0.15, -0.1) is 0 Å². The van der Waals surface area contributed by atoms with Crippen molar-refractivity contribution in [3.8, 4) is 0 Å². The average molecular weight is 378 g/mol. The van der Waals surface area contributed by atoms with Crippen LogP contribution in [-0.2, 0) is 4.79 Å². The number of aromatic nitrogens is 2. The molecular weight excluding hydrogens is 350 g/mol. The van der Waals surface area contributed by atoms with Crippen molar-refractivity contribution < 1.29 is 9.59 Å². The molecule has 2 aliphatic heterocycles. The number of hydrogen-bond donors (Lipinski definition) is 0. The van der Waals surface area contributed by atoms with Gasteiger partial charge in [-0.1, -0.05) is 25.6 Å². The summed E-state index contributed by atoms with van der Waals surface area (Å²) in [6.45, 7) is 10.4. The van der Waals surface area contributed by atoms with Crippen molar-refractivity contribution in [1.29, 1.82) is 0 Å². The normalized spacial score (nSPS) is 18.2. The number of piperazine rings is 1. The zero-order chi connectivity index (χ0) is 18.7. The molecule has 0 bridgehead atoms. The van der Waals surface area contributed by atoms with Gasteiger partial charge in [0.25, 0.3) is 5.24 Å². The second kappa shape index (κ2) is 8.24. The first-order valence-corrected chi connectivity index (χ1v) is 10.2. The summed E-state index contributed by atoms with van der Waals surface area (Å²) in [5, 5.41) is 0.0997. The predicted molar refractivity (Wildman–Crippen MR) is 104 cm³/mol. The smallest absolute Gasteiger partial charge is 0.281 e. The maximum Gasteiger partial charge on any atom is 0.281 e. The molecule has 0 atom stereocenters. The van der Waals surface area contributed by atoms with Crippen LogP contribution in [0.1, 0.15) is 37.7 Å². The monoisotopic (exact) mass is 377 g/mol. The SMILES string of the molecule is Cc1cc(N2CCN(C(=O)CCN3CCSC3=O)CC2)nc(C(C)C)n1. The van der Waals surface area contributed by atoms with Gasteiger partial charge in [-0.3, -0.25) is 9.59 Å². The minimum atomic E-state index is 0.0997. The zero-order valence-corrected chi connectivity index (χ0v) is 16.6. The van der Waals surface area contributed by atoms with Crippen LogP contribution in [-0.4, -0.2) is 75.9 Å². The third-order valence-corrected chi connectivity index (χ3v) is 5.66. The van der Waals surface area contributed by atoms with E-state index in [9.17, 15) is 9.59 Å². The van der Waals surface area contributed by atoms with Crippen LogP contribution in [0.2, 0.25) is 0 Å². The lowest BCUT2D eigenvalue weighted by atomic mass is 10.2. The van der Waals surface area contributed by atoms with Gasteiger partial charge in [-0.2, -0.15) is 0 Å². The lowest BCUT2D eigenvalue weighted by Gasteiger charge is -2.36. The van der Waals surface area contributed by atoms with Gasteiger partial charge in [0.15, 0.2) is 0 Å². The Morgan fingerprint density at radius 1 is 1.19 bits per heavy atom. The fraction of sp³-hybridized carbons (Fsp3) is 0.667. The summed E-state index contributed by atoms with van der Waals surface area (Å²) in [7, 11) is 0. The van der Waals surface area contributed by atoms with Crippen molar-refractivity contribution in [2.24, 2.45) is 0 Å². The Labute approximate surface area is 159 Å². The quantitative estimate of drug-likeness (QED) is 0.783. The van der Waals surface area contributed by atoms with Gasteiger partial charge in [0.05, 0.1) is 0 Å². The molecule has 2 aliphatic rings. The van der Waals surface area contributed by atoms with Crippen LogP contribution >= 0.6 is 11.8 Å². The highest BCUT2D eigenvalue weighted by Gasteiger charge is 2.25. The van der Waals surface area contributed by atoms with E-state index in [1.807, 2.05) is 17.9 Å². The van der Waals surface area contributed by atoms with Crippen molar-refractivity contribution in [2.75, 3.05) is 49.9 Å². The number of rotatable bonds is 5. The van der Waals surface area contributed by atoms with Gasteiger partial charge in [0.1, 0.15) is 11.6 Å². The van der Waals surface area contributed by atoms with Gasteiger partial charge in [0, 0.05) is 69.1 Å². The molecule has 2 amide bonds. The number of aryl methyl sites for hydroxylation is 1. The second-order valence-corrected chi connectivity index (χ2v) is 8.15. The lowest BCUT2D eigenvalue weighted by Crippen LogP contribution is -2.49. The summed E-state index contributed by atoms with van der Waals surface area (Å²) < 4.78 is 0. The van der Waals surface area contributed by atoms with Crippen LogP contribution in [0.3, 0.4) is 0 Å². The minimum Gasteiger partial charge on any atom is -0.353 e. The van der Waals surface area contributed by atoms with Crippen LogP contribution in [0.4, 0.5) is 10.6 Å². The first-order chi connectivity index (χ1) is 12.4. The Morgan fingerprint density at radius 2 is 1.92 bits per heavy atom. The molecule has 3 rings (SSSR count). The Bertz CT molecular complexity index is 674. The van der Waals surface area contributed by atoms with E-state index >= 15 is 0 Å². The average Bonchev–Trinajstić information content (AvgIpc) is 3.04. The van der Waals surface area contributed by atoms with Crippen LogP contribution in [0.5, 0.6) is 0 Å². The standard InChI is InChI=1S/C18H27N5O2S/c1-13(2)17-19-14(3)12-15(20-17)21-6-8-22(9-7-21)16(24)4-5-23-10-11-26-18(23)25/h12-13H,4-11H2,1-3H3. The van der Waals surface area contributed by atoms with Crippen LogP contribution in [0.25, 0.3) is 0 Å². The van der Waals surface area contributed by atoms with Gasteiger partial charge >= 0.3 is 0 Å². The van der Waals surface area contributed by atoms with Gasteiger partial charge in [-0.25, -0.2) is 9.97 Å². The van der Waals surface area contributed by atoms with E-state index < -0.39 is 0 Å². The molecule has 3 heterocycles. The molecule has 2 saturated heterocycles. The molecule has 0 saturated carbocycles. The highest BCUT2D eigenvalue weighted by molar-refractivity contribution is 8.13. The molecule has 8 heteroatoms. The topological polar surface area (TPSA) is 69.6 Å². The first-order valence-electron chi connectivity index (χ1n) is 9.24. The summed E-state index contributed by atoms with van der Waals surface area (Å²) in [6, 6.07) is 2.01. The molecule has 7 nitrogen and oxygen atoms in total. The Balaban J connectivity index is 1.52. The summed E-state index contributed by atoms with van der Waals surface area (Å²) in [6.07, 6.45) is 0.413. The number of nitrogens with zero attached hydrogens (tertiary/aromatic N) is 5. The van der Waals surface area contributed by atoms with Gasteiger partial charge in [-0.05, 0) is 6.92 Å². The predicted octanol–water partition coefficient (Wildman–Crippen LogP) is 2.12. The van der Waals surface area contributed by atoms with Crippen LogP contribution < -0.4 is 4.90 Å². The fourth-order valence-corrected chi connectivity index (χ4v) is 4.05. The minimum absolute atomic E-state index is 0.0997.